The van der Waals surface area contributed by atoms with Crippen LogP contribution in [0.2, 0.25) is 0 Å². The molecule has 48 heavy (non-hydrogen) atoms. The summed E-state index contributed by atoms with van der Waals surface area (Å²) in [5, 5.41) is 0. The second-order valence-corrected chi connectivity index (χ2v) is 14.1. The van der Waals surface area contributed by atoms with Crippen molar-refractivity contribution in [3.8, 4) is 16.9 Å². The van der Waals surface area contributed by atoms with Gasteiger partial charge in [-0.2, -0.15) is 0 Å². The Morgan fingerprint density at radius 1 is 0.604 bits per heavy atom. The quantitative estimate of drug-likeness (QED) is 0.113. The third-order valence-electron chi connectivity index (χ3n) is 10.9. The Morgan fingerprint density at radius 3 is 1.54 bits per heavy atom. The number of benzene rings is 4. The lowest BCUT2D eigenvalue weighted by molar-refractivity contribution is -0.0131. The molecule has 0 heterocycles. The Balaban J connectivity index is 1.48. The highest BCUT2D eigenvalue weighted by Crippen LogP contribution is 2.39. The zero-order valence-corrected chi connectivity index (χ0v) is 31.0. The van der Waals surface area contributed by atoms with Crippen LogP contribution in [0.15, 0.2) is 72.8 Å². The molecule has 1 unspecified atom stereocenters. The zero-order chi connectivity index (χ0) is 35.4. The largest absolute Gasteiger partial charge is 0.456 e. The second kappa shape index (κ2) is 14.9. The summed E-state index contributed by atoms with van der Waals surface area (Å²) in [6.45, 7) is 23.8. The maximum atomic E-state index is 13.2. The molecule has 0 spiro atoms. The molecular formula is C44H54O4. The van der Waals surface area contributed by atoms with Crippen LogP contribution in [0.3, 0.4) is 0 Å². The summed E-state index contributed by atoms with van der Waals surface area (Å²) in [5.74, 6) is 0.0718. The van der Waals surface area contributed by atoms with Gasteiger partial charge in [-0.3, -0.25) is 0 Å². The molecule has 4 rings (SSSR count). The van der Waals surface area contributed by atoms with E-state index in [4.69, 9.17) is 9.47 Å². The second-order valence-electron chi connectivity index (χ2n) is 14.1. The molecule has 0 fully saturated rings. The summed E-state index contributed by atoms with van der Waals surface area (Å²) >= 11 is 0. The highest BCUT2D eigenvalue weighted by molar-refractivity contribution is 5.92. The average molecular weight is 647 g/mol. The SMILES string of the molecule is CCC(C)(CC)OC(=O)c1ccc(-c2ccc(C(=O)Oc3cc(C)c(C(C)c4cc(C)c(C(C)(CC)CC)cc4C)cc3C)cc2)cc1. The minimum Gasteiger partial charge on any atom is -0.456 e. The summed E-state index contributed by atoms with van der Waals surface area (Å²) in [5.41, 5.74) is 11.3. The van der Waals surface area contributed by atoms with Gasteiger partial charge in [0.05, 0.1) is 11.1 Å². The summed E-state index contributed by atoms with van der Waals surface area (Å²) in [7, 11) is 0. The summed E-state index contributed by atoms with van der Waals surface area (Å²) in [4.78, 5) is 25.9. The topological polar surface area (TPSA) is 52.6 Å². The zero-order valence-electron chi connectivity index (χ0n) is 31.0. The molecule has 0 aromatic heterocycles. The number of carbonyl (C=O) groups excluding carboxylic acids is 2. The fraction of sp³-hybridized carbons (Fsp3) is 0.409. The monoisotopic (exact) mass is 646 g/mol. The fourth-order valence-corrected chi connectivity index (χ4v) is 6.58. The Labute approximate surface area is 288 Å². The molecule has 4 heteroatoms. The summed E-state index contributed by atoms with van der Waals surface area (Å²) in [6.07, 6.45) is 3.76. The van der Waals surface area contributed by atoms with Crippen LogP contribution in [0.25, 0.3) is 11.1 Å². The van der Waals surface area contributed by atoms with Gasteiger partial charge in [0.15, 0.2) is 0 Å². The van der Waals surface area contributed by atoms with Crippen molar-refractivity contribution in [1.82, 2.24) is 0 Å². The smallest absolute Gasteiger partial charge is 0.343 e. The number of ether oxygens (including phenoxy) is 2. The number of hydrogen-bond acceptors (Lipinski definition) is 4. The van der Waals surface area contributed by atoms with E-state index in [1.165, 1.54) is 27.8 Å². The lowest BCUT2D eigenvalue weighted by Gasteiger charge is -2.31. The van der Waals surface area contributed by atoms with E-state index in [9.17, 15) is 9.59 Å². The molecule has 0 aliphatic heterocycles. The van der Waals surface area contributed by atoms with Crippen LogP contribution < -0.4 is 4.74 Å². The molecule has 4 aromatic rings. The molecule has 1 atom stereocenters. The lowest BCUT2D eigenvalue weighted by atomic mass is 9.74. The third-order valence-corrected chi connectivity index (χ3v) is 10.9. The van der Waals surface area contributed by atoms with E-state index in [0.29, 0.717) is 16.9 Å². The van der Waals surface area contributed by atoms with Crippen molar-refractivity contribution in [1.29, 1.82) is 0 Å². The highest BCUT2D eigenvalue weighted by atomic mass is 16.6. The van der Waals surface area contributed by atoms with Crippen molar-refractivity contribution in [3.63, 3.8) is 0 Å². The van der Waals surface area contributed by atoms with Crippen molar-refractivity contribution in [2.45, 2.75) is 119 Å². The molecule has 4 nitrogen and oxygen atoms in total. The van der Waals surface area contributed by atoms with Crippen LogP contribution in [0, 0.1) is 27.7 Å². The van der Waals surface area contributed by atoms with Crippen LogP contribution in [-0.2, 0) is 10.2 Å². The third kappa shape index (κ3) is 7.75. The van der Waals surface area contributed by atoms with Gasteiger partial charge in [0.25, 0.3) is 0 Å². The minimum absolute atomic E-state index is 0.184. The number of rotatable bonds is 12. The van der Waals surface area contributed by atoms with Crippen molar-refractivity contribution >= 4 is 11.9 Å². The molecule has 0 amide bonds. The van der Waals surface area contributed by atoms with Gasteiger partial charge in [-0.1, -0.05) is 84.0 Å². The average Bonchev–Trinajstić information content (AvgIpc) is 3.09. The number of hydrogen-bond donors (Lipinski definition) is 0. The van der Waals surface area contributed by atoms with Gasteiger partial charge in [-0.25, -0.2) is 9.59 Å². The minimum atomic E-state index is -0.464. The van der Waals surface area contributed by atoms with Crippen molar-refractivity contribution < 1.29 is 19.1 Å². The van der Waals surface area contributed by atoms with Crippen molar-refractivity contribution in [2.24, 2.45) is 0 Å². The van der Waals surface area contributed by atoms with Crippen LogP contribution in [-0.4, -0.2) is 17.5 Å². The normalized spacial score (nSPS) is 12.5. The van der Waals surface area contributed by atoms with Gasteiger partial charge in [0.1, 0.15) is 11.4 Å². The van der Waals surface area contributed by atoms with E-state index in [-0.39, 0.29) is 17.3 Å². The van der Waals surface area contributed by atoms with Crippen LogP contribution in [0.1, 0.15) is 140 Å². The van der Waals surface area contributed by atoms with E-state index in [1.54, 1.807) is 24.3 Å². The molecule has 4 aromatic carbocycles. The predicted octanol–water partition coefficient (Wildman–Crippen LogP) is 11.8. The number of carbonyl (C=O) groups is 2. The summed E-state index contributed by atoms with van der Waals surface area (Å²) in [6, 6.07) is 23.7. The van der Waals surface area contributed by atoms with Gasteiger partial charge < -0.3 is 9.47 Å². The standard InChI is InChI=1S/C44H54O4/c1-12-43(10,13-2)39-26-28(5)37(24-30(39)7)32(9)38-25-31(8)40(27-29(38)6)47-41(45)35-20-16-33(17-21-35)34-18-22-36(23-19-34)42(46)48-44(11,14-3)15-4/h16-27,32H,12-15H2,1-11H3. The van der Waals surface area contributed by atoms with Crippen molar-refractivity contribution in [2.75, 3.05) is 0 Å². The molecule has 0 aliphatic rings. The molecule has 0 saturated heterocycles. The maximum Gasteiger partial charge on any atom is 0.343 e. The Morgan fingerprint density at radius 2 is 1.06 bits per heavy atom. The first-order valence-corrected chi connectivity index (χ1v) is 17.6. The molecule has 0 radical (unpaired) electrons. The Bertz CT molecular complexity index is 1750. The number of aryl methyl sites for hydroxylation is 4. The van der Waals surface area contributed by atoms with Gasteiger partial charge in [-0.05, 0) is 146 Å². The first-order chi connectivity index (χ1) is 22.7. The Kier molecular flexibility index (Phi) is 11.4. The fourth-order valence-electron chi connectivity index (χ4n) is 6.58. The molecule has 0 aliphatic carbocycles. The maximum absolute atomic E-state index is 13.2. The number of esters is 2. The van der Waals surface area contributed by atoms with E-state index >= 15 is 0 Å². The van der Waals surface area contributed by atoms with Crippen LogP contribution in [0.5, 0.6) is 5.75 Å². The molecule has 0 N–H and O–H groups in total. The van der Waals surface area contributed by atoms with Gasteiger partial charge >= 0.3 is 11.9 Å². The predicted molar refractivity (Wildman–Crippen MR) is 199 cm³/mol. The van der Waals surface area contributed by atoms with Crippen LogP contribution >= 0.6 is 0 Å². The van der Waals surface area contributed by atoms with E-state index < -0.39 is 11.6 Å². The summed E-state index contributed by atoms with van der Waals surface area (Å²) < 4.78 is 11.7. The van der Waals surface area contributed by atoms with E-state index in [0.717, 1.165) is 47.9 Å². The molecule has 0 bridgehead atoms. The molecule has 254 valence electrons. The van der Waals surface area contributed by atoms with E-state index in [1.807, 2.05) is 58.0 Å². The van der Waals surface area contributed by atoms with Gasteiger partial charge in [0, 0.05) is 5.92 Å². The first-order valence-electron chi connectivity index (χ1n) is 17.6. The van der Waals surface area contributed by atoms with Gasteiger partial charge in [0.2, 0.25) is 0 Å². The molecular weight excluding hydrogens is 592 g/mol. The van der Waals surface area contributed by atoms with Crippen molar-refractivity contribution in [3.05, 3.63) is 123 Å². The van der Waals surface area contributed by atoms with E-state index in [2.05, 4.69) is 66.7 Å². The van der Waals surface area contributed by atoms with Gasteiger partial charge in [-0.15, -0.1) is 0 Å². The molecule has 0 saturated carbocycles. The Hall–Kier alpha value is -4.18. The highest BCUT2D eigenvalue weighted by Gasteiger charge is 2.27. The lowest BCUT2D eigenvalue weighted by Crippen LogP contribution is -2.30. The first kappa shape index (κ1) is 36.7. The van der Waals surface area contributed by atoms with Crippen LogP contribution in [0.4, 0.5) is 0 Å².